The van der Waals surface area contributed by atoms with Crippen LogP contribution in [0.5, 0.6) is 0 Å². The zero-order valence-corrected chi connectivity index (χ0v) is 18.9. The maximum atomic E-state index is 12.8. The Bertz CT molecular complexity index is 681. The molecule has 5 amide bonds. The van der Waals surface area contributed by atoms with E-state index in [1.54, 1.807) is 0 Å². The molecule has 3 fully saturated rings. The number of nitrogens with zero attached hydrogens (tertiary/aromatic N) is 2. The highest BCUT2D eigenvalue weighted by Crippen LogP contribution is 2.35. The second-order valence-corrected chi connectivity index (χ2v) is 9.42. The minimum absolute atomic E-state index is 0.0135. The van der Waals surface area contributed by atoms with Crippen LogP contribution in [0.3, 0.4) is 0 Å². The van der Waals surface area contributed by atoms with Gasteiger partial charge in [0, 0.05) is 12.5 Å². The van der Waals surface area contributed by atoms with Crippen LogP contribution in [0.15, 0.2) is 0 Å². The summed E-state index contributed by atoms with van der Waals surface area (Å²) in [5, 5.41) is 6.67. The summed E-state index contributed by atoms with van der Waals surface area (Å²) in [4.78, 5) is 51.9. The lowest BCUT2D eigenvalue weighted by Gasteiger charge is -2.33. The number of amides is 5. The Morgan fingerprint density at radius 1 is 1.10 bits per heavy atom. The molecule has 2 aliphatic heterocycles. The number of hydrogen-bond donors (Lipinski definition) is 3. The summed E-state index contributed by atoms with van der Waals surface area (Å²) in [7, 11) is 0. The number of imide groups is 1. The summed E-state index contributed by atoms with van der Waals surface area (Å²) in [6.07, 6.45) is 7.65. The summed E-state index contributed by atoms with van der Waals surface area (Å²) < 4.78 is 0. The van der Waals surface area contributed by atoms with Crippen molar-refractivity contribution in [3.05, 3.63) is 0 Å². The van der Waals surface area contributed by atoms with Crippen molar-refractivity contribution in [2.45, 2.75) is 77.2 Å². The Balaban J connectivity index is 1.41. The molecule has 1 saturated carbocycles. The molecule has 9 heteroatoms. The average molecular weight is 436 g/mol. The van der Waals surface area contributed by atoms with E-state index in [1.807, 2.05) is 4.90 Å². The first-order valence-corrected chi connectivity index (χ1v) is 11.8. The smallest absolute Gasteiger partial charge is 0.344 e. The van der Waals surface area contributed by atoms with Crippen LogP contribution in [0.4, 0.5) is 4.79 Å². The van der Waals surface area contributed by atoms with Crippen molar-refractivity contribution in [3.8, 4) is 0 Å². The molecule has 0 atom stereocenters. The van der Waals surface area contributed by atoms with Crippen LogP contribution in [-0.4, -0.2) is 65.4 Å². The third-order valence-corrected chi connectivity index (χ3v) is 6.93. The van der Waals surface area contributed by atoms with Gasteiger partial charge >= 0.3 is 6.03 Å². The summed E-state index contributed by atoms with van der Waals surface area (Å²) in [6.45, 7) is 6.39. The molecule has 3 N–H and O–H groups in total. The Morgan fingerprint density at radius 2 is 1.77 bits per heavy atom. The van der Waals surface area contributed by atoms with Crippen LogP contribution >= 0.6 is 0 Å². The highest BCUT2D eigenvalue weighted by atomic mass is 16.2. The van der Waals surface area contributed by atoms with Gasteiger partial charge in [-0.1, -0.05) is 26.7 Å². The van der Waals surface area contributed by atoms with Crippen molar-refractivity contribution in [3.63, 3.8) is 0 Å². The first-order chi connectivity index (χ1) is 14.8. The summed E-state index contributed by atoms with van der Waals surface area (Å²) in [6, 6.07) is -0.550. The van der Waals surface area contributed by atoms with Crippen molar-refractivity contribution in [1.29, 1.82) is 0 Å². The topological polar surface area (TPSA) is 111 Å². The molecule has 0 unspecified atom stereocenters. The molecular formula is C22H37N5O4. The molecule has 1 aliphatic carbocycles. The molecule has 0 aromatic heterocycles. The van der Waals surface area contributed by atoms with Crippen molar-refractivity contribution in [2.24, 2.45) is 11.8 Å². The third kappa shape index (κ3) is 5.75. The fraction of sp³-hybridized carbons (Fsp3) is 0.818. The quantitative estimate of drug-likeness (QED) is 0.396. The maximum Gasteiger partial charge on any atom is 0.344 e. The van der Waals surface area contributed by atoms with Gasteiger partial charge in [-0.15, -0.1) is 0 Å². The minimum Gasteiger partial charge on any atom is -0.356 e. The molecule has 1 spiro atoms. The van der Waals surface area contributed by atoms with Gasteiger partial charge in [-0.2, -0.15) is 5.01 Å². The van der Waals surface area contributed by atoms with Crippen LogP contribution in [0.2, 0.25) is 0 Å². The second-order valence-electron chi connectivity index (χ2n) is 9.42. The van der Waals surface area contributed by atoms with Gasteiger partial charge in [-0.3, -0.25) is 24.7 Å². The Morgan fingerprint density at radius 3 is 2.42 bits per heavy atom. The Kier molecular flexibility index (Phi) is 7.91. The van der Waals surface area contributed by atoms with Gasteiger partial charge in [0.2, 0.25) is 5.91 Å². The third-order valence-electron chi connectivity index (χ3n) is 6.93. The van der Waals surface area contributed by atoms with Gasteiger partial charge in [0.15, 0.2) is 0 Å². The highest BCUT2D eigenvalue weighted by molar-refractivity contribution is 6.08. The molecule has 174 valence electrons. The van der Waals surface area contributed by atoms with E-state index in [1.165, 1.54) is 0 Å². The minimum atomic E-state index is -0.861. The largest absolute Gasteiger partial charge is 0.356 e. The van der Waals surface area contributed by atoms with Crippen LogP contribution in [0.1, 0.15) is 71.6 Å². The lowest BCUT2D eigenvalue weighted by atomic mass is 9.77. The number of piperidine rings is 1. The summed E-state index contributed by atoms with van der Waals surface area (Å²) >= 11 is 0. The number of likely N-dealkylation sites (tertiary alicyclic amines) is 1. The van der Waals surface area contributed by atoms with Gasteiger partial charge in [0.05, 0.1) is 6.54 Å². The van der Waals surface area contributed by atoms with Gasteiger partial charge in [-0.05, 0) is 64.0 Å². The molecule has 0 aromatic rings. The van der Waals surface area contributed by atoms with Gasteiger partial charge in [0.1, 0.15) is 5.54 Å². The molecule has 3 rings (SSSR count). The normalized spacial score (nSPS) is 27.4. The van der Waals surface area contributed by atoms with Crippen LogP contribution in [0, 0.1) is 11.8 Å². The number of rotatable bonds is 8. The number of unbranched alkanes of at least 4 members (excludes halogenated alkanes) is 2. The van der Waals surface area contributed by atoms with E-state index in [9.17, 15) is 19.2 Å². The first kappa shape index (κ1) is 23.5. The van der Waals surface area contributed by atoms with Crippen molar-refractivity contribution < 1.29 is 19.2 Å². The Hall–Kier alpha value is -2.16. The number of urea groups is 1. The average Bonchev–Trinajstić information content (AvgIpc) is 2.98. The number of carbonyl (C=O) groups excluding carboxylic acids is 4. The predicted molar refractivity (Wildman–Crippen MR) is 116 cm³/mol. The number of hydrogen-bond acceptors (Lipinski definition) is 5. The van der Waals surface area contributed by atoms with Gasteiger partial charge in [-0.25, -0.2) is 4.79 Å². The van der Waals surface area contributed by atoms with E-state index in [4.69, 9.17) is 0 Å². The van der Waals surface area contributed by atoms with Crippen LogP contribution in [0.25, 0.3) is 0 Å². The van der Waals surface area contributed by atoms with E-state index < -0.39 is 11.6 Å². The van der Waals surface area contributed by atoms with Crippen molar-refractivity contribution in [2.75, 3.05) is 26.2 Å². The van der Waals surface area contributed by atoms with Gasteiger partial charge in [0.25, 0.3) is 11.8 Å². The summed E-state index contributed by atoms with van der Waals surface area (Å²) in [5.41, 5.74) is 1.63. The fourth-order valence-corrected chi connectivity index (χ4v) is 4.76. The van der Waals surface area contributed by atoms with E-state index in [0.29, 0.717) is 44.7 Å². The second kappa shape index (κ2) is 10.4. The van der Waals surface area contributed by atoms with Crippen molar-refractivity contribution in [1.82, 2.24) is 26.0 Å². The first-order valence-electron chi connectivity index (χ1n) is 11.8. The van der Waals surface area contributed by atoms with Gasteiger partial charge < -0.3 is 10.6 Å². The van der Waals surface area contributed by atoms with Crippen LogP contribution < -0.4 is 16.1 Å². The standard InChI is InChI=1S/C22H37N5O4/c1-3-4-5-12-23-19(29)17-8-13-26(14-9-17)15-18(28)25-27-20(30)22(24-21(27)31)10-6-16(2)7-11-22/h16-17H,3-15H2,1-2H3,(H,23,29)(H,24,31)(H,25,28). The van der Waals surface area contributed by atoms with Crippen LogP contribution in [-0.2, 0) is 14.4 Å². The lowest BCUT2D eigenvalue weighted by molar-refractivity contribution is -0.140. The SMILES string of the molecule is CCCCCNC(=O)C1CCN(CC(=O)NN2C(=O)NC3(CCC(C)CC3)C2=O)CC1. The molecule has 31 heavy (non-hydrogen) atoms. The molecule has 2 heterocycles. The Labute approximate surface area is 184 Å². The molecule has 0 bridgehead atoms. The predicted octanol–water partition coefficient (Wildman–Crippen LogP) is 1.54. The van der Waals surface area contributed by atoms with E-state index in [0.717, 1.165) is 43.7 Å². The van der Waals surface area contributed by atoms with E-state index in [2.05, 4.69) is 29.9 Å². The number of carbonyl (C=O) groups is 4. The maximum absolute atomic E-state index is 12.8. The molecule has 0 radical (unpaired) electrons. The molecular weight excluding hydrogens is 398 g/mol. The molecule has 0 aromatic carbocycles. The highest BCUT2D eigenvalue weighted by Gasteiger charge is 2.52. The molecule has 2 saturated heterocycles. The molecule has 3 aliphatic rings. The van der Waals surface area contributed by atoms with Crippen molar-refractivity contribution >= 4 is 23.8 Å². The lowest BCUT2D eigenvalue weighted by Crippen LogP contribution is -2.53. The zero-order valence-electron chi connectivity index (χ0n) is 18.9. The van der Waals surface area contributed by atoms with E-state index >= 15 is 0 Å². The fourth-order valence-electron chi connectivity index (χ4n) is 4.76. The van der Waals surface area contributed by atoms with E-state index in [-0.39, 0.29) is 30.2 Å². The monoisotopic (exact) mass is 435 g/mol. The molecule has 9 nitrogen and oxygen atoms in total. The summed E-state index contributed by atoms with van der Waals surface area (Å²) in [5.74, 6) is -0.101. The zero-order chi connectivity index (χ0) is 22.4. The number of nitrogens with one attached hydrogen (secondary N) is 3. The number of hydrazine groups is 1.